The molecule has 0 saturated heterocycles. The molecule has 0 bridgehead atoms. The van der Waals surface area contributed by atoms with Crippen molar-refractivity contribution < 1.29 is 4.74 Å². The maximum absolute atomic E-state index is 13.3. The molecule has 0 amide bonds. The molecule has 0 radical (unpaired) electrons. The van der Waals surface area contributed by atoms with E-state index in [1.807, 2.05) is 47.8 Å². The van der Waals surface area contributed by atoms with Gasteiger partial charge in [-0.25, -0.2) is 0 Å². The molecule has 30 heavy (non-hydrogen) atoms. The summed E-state index contributed by atoms with van der Waals surface area (Å²) >= 11 is 1.69. The zero-order chi connectivity index (χ0) is 20.9. The second-order valence-electron chi connectivity index (χ2n) is 6.83. The predicted molar refractivity (Wildman–Crippen MR) is 121 cm³/mol. The van der Waals surface area contributed by atoms with Crippen molar-refractivity contribution >= 4 is 22.1 Å². The van der Waals surface area contributed by atoms with Crippen molar-refractivity contribution in [2.75, 3.05) is 13.7 Å². The van der Waals surface area contributed by atoms with Crippen LogP contribution in [0.2, 0.25) is 0 Å². The summed E-state index contributed by atoms with van der Waals surface area (Å²) in [6.45, 7) is 1.74. The monoisotopic (exact) mass is 415 g/mol. The van der Waals surface area contributed by atoms with Crippen LogP contribution in [0.4, 0.5) is 0 Å². The minimum absolute atomic E-state index is 0.165. The van der Waals surface area contributed by atoms with E-state index in [-0.39, 0.29) is 5.56 Å². The Hall–Kier alpha value is -3.40. The molecule has 5 nitrogen and oxygen atoms in total. The van der Waals surface area contributed by atoms with E-state index in [0.29, 0.717) is 29.9 Å². The van der Waals surface area contributed by atoms with Gasteiger partial charge in [-0.15, -0.1) is 11.3 Å². The van der Waals surface area contributed by atoms with E-state index >= 15 is 0 Å². The second-order valence-corrected chi connectivity index (χ2v) is 7.86. The van der Waals surface area contributed by atoms with Gasteiger partial charge in [0.05, 0.1) is 7.11 Å². The number of hydrogen-bond donors (Lipinski definition) is 1. The van der Waals surface area contributed by atoms with Gasteiger partial charge >= 0.3 is 0 Å². The third-order valence-corrected chi connectivity index (χ3v) is 5.91. The van der Waals surface area contributed by atoms with Gasteiger partial charge in [-0.3, -0.25) is 9.36 Å². The van der Waals surface area contributed by atoms with Crippen LogP contribution in [-0.2, 0) is 13.1 Å². The number of nitriles is 1. The summed E-state index contributed by atoms with van der Waals surface area (Å²) in [7, 11) is 1.59. The Labute approximate surface area is 178 Å². The molecule has 4 aromatic rings. The Bertz CT molecular complexity index is 1260. The highest BCUT2D eigenvalue weighted by Crippen LogP contribution is 2.32. The molecule has 0 spiro atoms. The van der Waals surface area contributed by atoms with Crippen molar-refractivity contribution in [3.05, 3.63) is 87.0 Å². The number of rotatable bonds is 7. The van der Waals surface area contributed by atoms with Crippen molar-refractivity contribution in [1.29, 1.82) is 5.26 Å². The van der Waals surface area contributed by atoms with E-state index in [2.05, 4.69) is 17.5 Å². The average Bonchev–Trinajstić information content (AvgIpc) is 3.31. The fourth-order valence-electron chi connectivity index (χ4n) is 3.60. The molecule has 0 aliphatic heterocycles. The molecule has 0 saturated carbocycles. The Morgan fingerprint density at radius 1 is 1.10 bits per heavy atom. The maximum Gasteiger partial charge on any atom is 0.259 e. The number of nitrogens with zero attached hydrogens (tertiary/aromatic N) is 2. The van der Waals surface area contributed by atoms with Crippen LogP contribution in [0.15, 0.2) is 70.8 Å². The SMILES string of the molecule is COc1ccc2c(=O)n(CCNCc3cccs3)c(C#N)c(-c3ccccc3)c2c1. The number of pyridine rings is 1. The highest BCUT2D eigenvalue weighted by atomic mass is 32.1. The first kappa shape index (κ1) is 19.9. The number of ether oxygens (including phenoxy) is 1. The highest BCUT2D eigenvalue weighted by molar-refractivity contribution is 7.09. The van der Waals surface area contributed by atoms with Crippen LogP contribution in [0.3, 0.4) is 0 Å². The van der Waals surface area contributed by atoms with Crippen LogP contribution in [0.25, 0.3) is 21.9 Å². The number of benzene rings is 2. The molecule has 0 aliphatic rings. The summed E-state index contributed by atoms with van der Waals surface area (Å²) in [5, 5.41) is 16.7. The average molecular weight is 416 g/mol. The van der Waals surface area contributed by atoms with E-state index in [1.165, 1.54) is 4.88 Å². The molecule has 4 rings (SSSR count). The Morgan fingerprint density at radius 3 is 2.63 bits per heavy atom. The van der Waals surface area contributed by atoms with Gasteiger partial charge in [-0.2, -0.15) is 5.26 Å². The van der Waals surface area contributed by atoms with Crippen LogP contribution >= 0.6 is 11.3 Å². The fraction of sp³-hybridized carbons (Fsp3) is 0.167. The van der Waals surface area contributed by atoms with E-state index in [0.717, 1.165) is 23.1 Å². The van der Waals surface area contributed by atoms with Crippen LogP contribution in [-0.4, -0.2) is 18.2 Å². The minimum Gasteiger partial charge on any atom is -0.497 e. The van der Waals surface area contributed by atoms with Gasteiger partial charge in [0.2, 0.25) is 0 Å². The third kappa shape index (κ3) is 3.86. The summed E-state index contributed by atoms with van der Waals surface area (Å²) in [5.74, 6) is 0.651. The quantitative estimate of drug-likeness (QED) is 0.454. The van der Waals surface area contributed by atoms with E-state index in [9.17, 15) is 10.1 Å². The lowest BCUT2D eigenvalue weighted by atomic mass is 9.97. The second kappa shape index (κ2) is 8.95. The predicted octanol–water partition coefficient (Wildman–Crippen LogP) is 4.40. The van der Waals surface area contributed by atoms with E-state index in [1.54, 1.807) is 35.1 Å². The molecular weight excluding hydrogens is 394 g/mol. The standard InChI is InChI=1S/C24H21N3O2S/c1-29-18-9-10-20-21(14-18)23(17-6-3-2-4-7-17)22(15-25)27(24(20)28)12-11-26-16-19-8-5-13-30-19/h2-10,13-14,26H,11-12,16H2,1H3. The van der Waals surface area contributed by atoms with Crippen LogP contribution in [0, 0.1) is 11.3 Å². The Kier molecular flexibility index (Phi) is 5.94. The van der Waals surface area contributed by atoms with Crippen LogP contribution < -0.4 is 15.6 Å². The fourth-order valence-corrected chi connectivity index (χ4v) is 4.27. The third-order valence-electron chi connectivity index (χ3n) is 5.04. The molecule has 0 fully saturated rings. The van der Waals surface area contributed by atoms with Crippen LogP contribution in [0.5, 0.6) is 5.75 Å². The van der Waals surface area contributed by atoms with Gasteiger partial charge in [0.15, 0.2) is 0 Å². The zero-order valence-electron chi connectivity index (χ0n) is 16.6. The highest BCUT2D eigenvalue weighted by Gasteiger charge is 2.18. The van der Waals surface area contributed by atoms with Crippen molar-refractivity contribution in [2.45, 2.75) is 13.1 Å². The first-order chi connectivity index (χ1) is 14.7. The van der Waals surface area contributed by atoms with Gasteiger partial charge in [0.1, 0.15) is 17.5 Å². The lowest BCUT2D eigenvalue weighted by molar-refractivity contribution is 0.415. The molecule has 2 aromatic heterocycles. The minimum atomic E-state index is -0.165. The normalized spacial score (nSPS) is 10.8. The molecular formula is C24H21N3O2S. The summed E-state index contributed by atoms with van der Waals surface area (Å²) in [6.07, 6.45) is 0. The number of methoxy groups -OCH3 is 1. The van der Waals surface area contributed by atoms with Crippen molar-refractivity contribution in [3.63, 3.8) is 0 Å². The summed E-state index contributed by atoms with van der Waals surface area (Å²) < 4.78 is 6.95. The van der Waals surface area contributed by atoms with Gasteiger partial charge < -0.3 is 10.1 Å². The first-order valence-corrected chi connectivity index (χ1v) is 10.5. The molecule has 2 heterocycles. The molecule has 0 aliphatic carbocycles. The molecule has 2 aromatic carbocycles. The van der Waals surface area contributed by atoms with Gasteiger partial charge in [0, 0.05) is 40.8 Å². The number of thiophene rings is 1. The zero-order valence-corrected chi connectivity index (χ0v) is 17.4. The first-order valence-electron chi connectivity index (χ1n) is 9.66. The number of nitrogens with one attached hydrogen (secondary N) is 1. The largest absolute Gasteiger partial charge is 0.497 e. The van der Waals surface area contributed by atoms with E-state index in [4.69, 9.17) is 4.74 Å². The number of aromatic nitrogens is 1. The van der Waals surface area contributed by atoms with Gasteiger partial charge in [-0.1, -0.05) is 36.4 Å². The molecule has 0 atom stereocenters. The van der Waals surface area contributed by atoms with Crippen molar-refractivity contribution in [3.8, 4) is 22.9 Å². The van der Waals surface area contributed by atoms with E-state index < -0.39 is 0 Å². The summed E-state index contributed by atoms with van der Waals surface area (Å²) in [6, 6.07) is 21.5. The van der Waals surface area contributed by atoms with Gasteiger partial charge in [0.25, 0.3) is 5.56 Å². The maximum atomic E-state index is 13.3. The lowest BCUT2D eigenvalue weighted by Gasteiger charge is -2.17. The van der Waals surface area contributed by atoms with Crippen molar-refractivity contribution in [1.82, 2.24) is 9.88 Å². The lowest BCUT2D eigenvalue weighted by Crippen LogP contribution is -2.29. The molecule has 1 N–H and O–H groups in total. The molecule has 150 valence electrons. The number of hydrogen-bond acceptors (Lipinski definition) is 5. The van der Waals surface area contributed by atoms with Crippen molar-refractivity contribution in [2.24, 2.45) is 0 Å². The molecule has 0 unspecified atom stereocenters. The smallest absolute Gasteiger partial charge is 0.259 e. The number of fused-ring (bicyclic) bond motifs is 1. The molecule has 6 heteroatoms. The van der Waals surface area contributed by atoms with Crippen LogP contribution in [0.1, 0.15) is 10.6 Å². The summed E-state index contributed by atoms with van der Waals surface area (Å²) in [5.41, 5.74) is 1.85. The Morgan fingerprint density at radius 2 is 1.93 bits per heavy atom. The Balaban J connectivity index is 1.81. The van der Waals surface area contributed by atoms with Gasteiger partial charge in [-0.05, 0) is 35.2 Å². The summed E-state index contributed by atoms with van der Waals surface area (Å²) in [4.78, 5) is 14.5. The topological polar surface area (TPSA) is 67.0 Å².